The number of hydrogen-bond donors (Lipinski definition) is 1. The first-order valence-electron chi connectivity index (χ1n) is 5.82. The summed E-state index contributed by atoms with van der Waals surface area (Å²) in [6.07, 6.45) is 4.80. The minimum absolute atomic E-state index is 0.224. The number of amides is 1. The van der Waals surface area contributed by atoms with Crippen LogP contribution < -0.4 is 10.5 Å². The largest absolute Gasteiger partial charge is 0.410 e. The van der Waals surface area contributed by atoms with E-state index in [0.29, 0.717) is 17.3 Å². The number of rotatable bonds is 3. The fraction of sp³-hybridized carbons (Fsp3) is 0.250. The first-order valence-corrected chi connectivity index (χ1v) is 6.19. The topological polar surface area (TPSA) is 83.0 Å². The van der Waals surface area contributed by atoms with Gasteiger partial charge in [0.05, 0.1) is 17.3 Å². The van der Waals surface area contributed by atoms with Gasteiger partial charge in [-0.25, -0.2) is 9.78 Å². The maximum absolute atomic E-state index is 10.9. The molecule has 1 saturated carbocycles. The standard InChI is InChI=1S/C12H11ClN4O2/c13-11-5-10(19-12(14)18)8(6-15-11)9-3-4-17(16-9)7-1-2-7/h3-7H,1-2H2,(H2,14,18). The Balaban J connectivity index is 1.99. The molecule has 0 bridgehead atoms. The Labute approximate surface area is 114 Å². The molecule has 7 heteroatoms. The van der Waals surface area contributed by atoms with Crippen molar-refractivity contribution in [3.8, 4) is 17.0 Å². The molecule has 1 fully saturated rings. The van der Waals surface area contributed by atoms with E-state index in [4.69, 9.17) is 22.1 Å². The average molecular weight is 279 g/mol. The van der Waals surface area contributed by atoms with Gasteiger partial charge in [-0.15, -0.1) is 0 Å². The Morgan fingerprint density at radius 2 is 2.32 bits per heavy atom. The number of carbonyl (C=O) groups excluding carboxylic acids is 1. The van der Waals surface area contributed by atoms with Crippen LogP contribution in [0.3, 0.4) is 0 Å². The number of nitrogens with zero attached hydrogens (tertiary/aromatic N) is 3. The highest BCUT2D eigenvalue weighted by molar-refractivity contribution is 6.29. The second kappa shape index (κ2) is 4.55. The van der Waals surface area contributed by atoms with Crippen molar-refractivity contribution in [1.82, 2.24) is 14.8 Å². The molecule has 0 aliphatic heterocycles. The summed E-state index contributed by atoms with van der Waals surface area (Å²) in [6, 6.07) is 3.77. The van der Waals surface area contributed by atoms with Gasteiger partial charge in [-0.05, 0) is 18.9 Å². The molecular weight excluding hydrogens is 268 g/mol. The maximum atomic E-state index is 10.9. The second-order valence-electron chi connectivity index (χ2n) is 4.34. The van der Waals surface area contributed by atoms with Crippen molar-refractivity contribution in [2.45, 2.75) is 18.9 Å². The Hall–Kier alpha value is -2.08. The van der Waals surface area contributed by atoms with Crippen LogP contribution >= 0.6 is 11.6 Å². The molecule has 2 aromatic rings. The van der Waals surface area contributed by atoms with Crippen molar-refractivity contribution in [3.05, 3.63) is 29.7 Å². The summed E-state index contributed by atoms with van der Waals surface area (Å²) in [5.41, 5.74) is 6.29. The molecule has 0 radical (unpaired) electrons. The Morgan fingerprint density at radius 1 is 1.53 bits per heavy atom. The molecule has 1 aliphatic carbocycles. The molecule has 2 N–H and O–H groups in total. The maximum Gasteiger partial charge on any atom is 0.409 e. The Morgan fingerprint density at radius 3 is 3.00 bits per heavy atom. The van der Waals surface area contributed by atoms with Gasteiger partial charge < -0.3 is 10.5 Å². The first kappa shape index (κ1) is 12.0. The SMILES string of the molecule is NC(=O)Oc1cc(Cl)ncc1-c1ccn(C2CC2)n1. The lowest BCUT2D eigenvalue weighted by molar-refractivity contribution is 0.211. The predicted molar refractivity (Wildman–Crippen MR) is 69.0 cm³/mol. The van der Waals surface area contributed by atoms with Crippen molar-refractivity contribution in [2.24, 2.45) is 5.73 Å². The Kier molecular flexibility index (Phi) is 2.87. The third kappa shape index (κ3) is 2.53. The zero-order valence-corrected chi connectivity index (χ0v) is 10.7. The molecule has 2 heterocycles. The molecule has 19 heavy (non-hydrogen) atoms. The summed E-state index contributed by atoms with van der Waals surface area (Å²) < 4.78 is 6.83. The summed E-state index contributed by atoms with van der Waals surface area (Å²) >= 11 is 5.78. The van der Waals surface area contributed by atoms with Crippen LogP contribution in [0, 0.1) is 0 Å². The lowest BCUT2D eigenvalue weighted by atomic mass is 10.2. The van der Waals surface area contributed by atoms with E-state index < -0.39 is 6.09 Å². The number of nitrogens with two attached hydrogens (primary N) is 1. The van der Waals surface area contributed by atoms with Crippen LogP contribution in [0.2, 0.25) is 5.15 Å². The molecule has 0 spiro atoms. The number of ether oxygens (including phenoxy) is 1. The van der Waals surface area contributed by atoms with Gasteiger partial charge in [-0.1, -0.05) is 11.6 Å². The van der Waals surface area contributed by atoms with Gasteiger partial charge in [0, 0.05) is 18.5 Å². The van der Waals surface area contributed by atoms with Gasteiger partial charge in [-0.3, -0.25) is 4.68 Å². The van der Waals surface area contributed by atoms with E-state index in [1.165, 1.54) is 12.3 Å². The zero-order chi connectivity index (χ0) is 13.4. The number of halogens is 1. The van der Waals surface area contributed by atoms with Gasteiger partial charge in [0.1, 0.15) is 10.9 Å². The minimum Gasteiger partial charge on any atom is -0.410 e. The van der Waals surface area contributed by atoms with Crippen molar-refractivity contribution in [2.75, 3.05) is 0 Å². The third-order valence-corrected chi connectivity index (χ3v) is 3.06. The molecule has 3 rings (SSSR count). The average Bonchev–Trinajstić information content (AvgIpc) is 3.08. The quantitative estimate of drug-likeness (QED) is 0.874. The second-order valence-corrected chi connectivity index (χ2v) is 4.72. The zero-order valence-electron chi connectivity index (χ0n) is 9.91. The van der Waals surface area contributed by atoms with E-state index in [2.05, 4.69) is 10.1 Å². The van der Waals surface area contributed by atoms with E-state index in [-0.39, 0.29) is 10.9 Å². The molecule has 0 saturated heterocycles. The van der Waals surface area contributed by atoms with Crippen LogP contribution in [-0.4, -0.2) is 20.9 Å². The molecule has 2 aromatic heterocycles. The molecular formula is C12H11ClN4O2. The molecule has 0 unspecified atom stereocenters. The Bertz CT molecular complexity index is 636. The lowest BCUT2D eigenvalue weighted by Crippen LogP contribution is -2.16. The van der Waals surface area contributed by atoms with Crippen LogP contribution in [0.15, 0.2) is 24.5 Å². The number of hydrogen-bond acceptors (Lipinski definition) is 4. The number of pyridine rings is 1. The van der Waals surface area contributed by atoms with Crippen molar-refractivity contribution in [3.63, 3.8) is 0 Å². The molecule has 1 amide bonds. The molecule has 0 aromatic carbocycles. The fourth-order valence-corrected chi connectivity index (χ4v) is 1.97. The number of carbonyl (C=O) groups is 1. The summed E-state index contributed by atoms with van der Waals surface area (Å²) in [5, 5.41) is 4.67. The van der Waals surface area contributed by atoms with E-state index in [9.17, 15) is 4.79 Å². The van der Waals surface area contributed by atoms with Gasteiger partial charge in [0.15, 0.2) is 0 Å². The van der Waals surface area contributed by atoms with E-state index in [1.54, 1.807) is 0 Å². The highest BCUT2D eigenvalue weighted by Gasteiger charge is 2.25. The van der Waals surface area contributed by atoms with E-state index in [0.717, 1.165) is 12.8 Å². The number of aromatic nitrogens is 3. The monoisotopic (exact) mass is 278 g/mol. The summed E-state index contributed by atoms with van der Waals surface area (Å²) in [7, 11) is 0. The molecule has 6 nitrogen and oxygen atoms in total. The van der Waals surface area contributed by atoms with Crippen molar-refractivity contribution in [1.29, 1.82) is 0 Å². The smallest absolute Gasteiger partial charge is 0.409 e. The van der Waals surface area contributed by atoms with Gasteiger partial charge in [0.2, 0.25) is 0 Å². The van der Waals surface area contributed by atoms with Crippen LogP contribution in [0.1, 0.15) is 18.9 Å². The van der Waals surface area contributed by atoms with Gasteiger partial charge in [-0.2, -0.15) is 5.10 Å². The third-order valence-electron chi connectivity index (χ3n) is 2.85. The minimum atomic E-state index is -0.898. The van der Waals surface area contributed by atoms with Gasteiger partial charge >= 0.3 is 6.09 Å². The van der Waals surface area contributed by atoms with E-state index in [1.807, 2.05) is 16.9 Å². The molecule has 1 aliphatic rings. The summed E-state index contributed by atoms with van der Waals surface area (Å²) in [5.74, 6) is 0.258. The van der Waals surface area contributed by atoms with Crippen molar-refractivity contribution < 1.29 is 9.53 Å². The normalized spacial score (nSPS) is 14.4. The van der Waals surface area contributed by atoms with Crippen LogP contribution in [0.4, 0.5) is 4.79 Å². The lowest BCUT2D eigenvalue weighted by Gasteiger charge is -2.06. The predicted octanol–water partition coefficient (Wildman–Crippen LogP) is 2.39. The first-order chi connectivity index (χ1) is 9.13. The fourth-order valence-electron chi connectivity index (χ4n) is 1.82. The summed E-state index contributed by atoms with van der Waals surface area (Å²) in [6.45, 7) is 0. The van der Waals surface area contributed by atoms with Gasteiger partial charge in [0.25, 0.3) is 0 Å². The van der Waals surface area contributed by atoms with Crippen LogP contribution in [-0.2, 0) is 0 Å². The summed E-state index contributed by atoms with van der Waals surface area (Å²) in [4.78, 5) is 14.9. The van der Waals surface area contributed by atoms with Crippen LogP contribution in [0.25, 0.3) is 11.3 Å². The molecule has 0 atom stereocenters. The molecule has 98 valence electrons. The van der Waals surface area contributed by atoms with Crippen molar-refractivity contribution >= 4 is 17.7 Å². The van der Waals surface area contributed by atoms with E-state index >= 15 is 0 Å². The highest BCUT2D eigenvalue weighted by Crippen LogP contribution is 2.36. The number of primary amides is 1. The highest BCUT2D eigenvalue weighted by atomic mass is 35.5. The van der Waals surface area contributed by atoms with Crippen LogP contribution in [0.5, 0.6) is 5.75 Å².